The average Bonchev–Trinajstić information content (AvgIpc) is 2.17. The summed E-state index contributed by atoms with van der Waals surface area (Å²) in [5.74, 6) is 0. The molecule has 1 aromatic carbocycles. The molecule has 0 aromatic heterocycles. The zero-order chi connectivity index (χ0) is 11.5. The summed E-state index contributed by atoms with van der Waals surface area (Å²) in [6.07, 6.45) is 0. The molecule has 0 saturated carbocycles. The molecule has 0 bridgehead atoms. The highest BCUT2D eigenvalue weighted by atomic mass is 32.2. The van der Waals surface area contributed by atoms with E-state index < -0.39 is 10.0 Å². The molecule has 0 aliphatic carbocycles. The van der Waals surface area contributed by atoms with Crippen molar-refractivity contribution in [3.8, 4) is 0 Å². The van der Waals surface area contributed by atoms with Gasteiger partial charge in [0.1, 0.15) is 0 Å². The first kappa shape index (κ1) is 11.9. The standard InChI is InChI=1S/C8H11N3O2S2/c1-10-8(14)11-6-2-4-7(5-3-6)15(9,12)13/h2-5H,1H3,(H2,9,12,13)(H2,10,11,14). The molecule has 7 heteroatoms. The van der Waals surface area contributed by atoms with E-state index in [2.05, 4.69) is 10.6 Å². The van der Waals surface area contributed by atoms with Crippen LogP contribution >= 0.6 is 12.2 Å². The summed E-state index contributed by atoms with van der Waals surface area (Å²) in [4.78, 5) is 0.0726. The Labute approximate surface area is 93.7 Å². The van der Waals surface area contributed by atoms with E-state index in [-0.39, 0.29) is 4.90 Å². The maximum Gasteiger partial charge on any atom is 0.238 e. The third-order valence-electron chi connectivity index (χ3n) is 1.67. The monoisotopic (exact) mass is 245 g/mol. The van der Waals surface area contributed by atoms with Gasteiger partial charge < -0.3 is 10.6 Å². The van der Waals surface area contributed by atoms with Gasteiger partial charge in [-0.25, -0.2) is 13.6 Å². The highest BCUT2D eigenvalue weighted by Crippen LogP contribution is 2.12. The molecule has 0 heterocycles. The van der Waals surface area contributed by atoms with E-state index in [1.807, 2.05) is 0 Å². The molecule has 4 N–H and O–H groups in total. The lowest BCUT2D eigenvalue weighted by atomic mass is 10.3. The Morgan fingerprint density at radius 3 is 2.27 bits per heavy atom. The molecule has 0 spiro atoms. The Hall–Kier alpha value is -1.18. The van der Waals surface area contributed by atoms with Gasteiger partial charge in [0.05, 0.1) is 4.90 Å². The third-order valence-corrected chi connectivity index (χ3v) is 2.90. The first-order valence-electron chi connectivity index (χ1n) is 4.05. The highest BCUT2D eigenvalue weighted by Gasteiger charge is 2.06. The molecule has 0 aliphatic rings. The predicted molar refractivity (Wildman–Crippen MR) is 63.1 cm³/mol. The van der Waals surface area contributed by atoms with Crippen molar-refractivity contribution >= 4 is 33.0 Å². The third kappa shape index (κ3) is 3.46. The van der Waals surface area contributed by atoms with E-state index in [1.54, 1.807) is 19.2 Å². The summed E-state index contributed by atoms with van der Waals surface area (Å²) in [6, 6.07) is 6.00. The average molecular weight is 245 g/mol. The molecular formula is C8H11N3O2S2. The van der Waals surface area contributed by atoms with Crippen molar-refractivity contribution < 1.29 is 8.42 Å². The first-order valence-corrected chi connectivity index (χ1v) is 6.00. The van der Waals surface area contributed by atoms with E-state index in [0.29, 0.717) is 10.8 Å². The van der Waals surface area contributed by atoms with E-state index >= 15 is 0 Å². The van der Waals surface area contributed by atoms with Crippen molar-refractivity contribution in [2.24, 2.45) is 5.14 Å². The topological polar surface area (TPSA) is 84.2 Å². The minimum Gasteiger partial charge on any atom is -0.366 e. The quantitative estimate of drug-likeness (QED) is 0.650. The summed E-state index contributed by atoms with van der Waals surface area (Å²) in [5, 5.41) is 11.0. The molecule has 82 valence electrons. The number of nitrogens with one attached hydrogen (secondary N) is 2. The summed E-state index contributed by atoms with van der Waals surface area (Å²) in [6.45, 7) is 0. The molecule has 0 radical (unpaired) electrons. The van der Waals surface area contributed by atoms with Crippen LogP contribution in [-0.4, -0.2) is 20.6 Å². The number of nitrogens with two attached hydrogens (primary N) is 1. The van der Waals surface area contributed by atoms with Gasteiger partial charge in [-0.3, -0.25) is 0 Å². The zero-order valence-corrected chi connectivity index (χ0v) is 9.65. The zero-order valence-electron chi connectivity index (χ0n) is 8.02. The largest absolute Gasteiger partial charge is 0.366 e. The van der Waals surface area contributed by atoms with Crippen LogP contribution in [0.4, 0.5) is 5.69 Å². The molecule has 0 aliphatic heterocycles. The molecule has 0 unspecified atom stereocenters. The Kier molecular flexibility index (Phi) is 3.61. The number of benzene rings is 1. The Bertz CT molecular complexity index is 453. The minimum atomic E-state index is -3.63. The Balaban J connectivity index is 2.86. The van der Waals surface area contributed by atoms with Gasteiger partial charge in [-0.2, -0.15) is 0 Å². The minimum absolute atomic E-state index is 0.0726. The van der Waals surface area contributed by atoms with E-state index in [4.69, 9.17) is 17.4 Å². The normalized spacial score (nSPS) is 10.8. The van der Waals surface area contributed by atoms with Gasteiger partial charge in [0.2, 0.25) is 10.0 Å². The van der Waals surface area contributed by atoms with Crippen LogP contribution in [0.1, 0.15) is 0 Å². The molecule has 0 fully saturated rings. The number of hydrogen-bond donors (Lipinski definition) is 3. The second-order valence-corrected chi connectivity index (χ2v) is 4.74. The van der Waals surface area contributed by atoms with Crippen molar-refractivity contribution in [2.45, 2.75) is 4.90 Å². The molecule has 5 nitrogen and oxygen atoms in total. The van der Waals surface area contributed by atoms with E-state index in [0.717, 1.165) is 0 Å². The molecule has 0 atom stereocenters. The second-order valence-electron chi connectivity index (χ2n) is 2.77. The van der Waals surface area contributed by atoms with Crippen LogP contribution in [0.2, 0.25) is 0 Å². The van der Waals surface area contributed by atoms with E-state index in [9.17, 15) is 8.42 Å². The first-order chi connectivity index (χ1) is 6.93. The fourth-order valence-electron chi connectivity index (χ4n) is 0.922. The number of primary sulfonamides is 1. The summed E-state index contributed by atoms with van der Waals surface area (Å²) < 4.78 is 21.9. The van der Waals surface area contributed by atoms with E-state index in [1.165, 1.54) is 12.1 Å². The van der Waals surface area contributed by atoms with Crippen molar-refractivity contribution in [3.63, 3.8) is 0 Å². The van der Waals surface area contributed by atoms with Gasteiger partial charge >= 0.3 is 0 Å². The number of sulfonamides is 1. The number of anilines is 1. The van der Waals surface area contributed by atoms with Gasteiger partial charge in [-0.15, -0.1) is 0 Å². The lowest BCUT2D eigenvalue weighted by Gasteiger charge is -2.07. The van der Waals surface area contributed by atoms with Crippen molar-refractivity contribution in [3.05, 3.63) is 24.3 Å². The summed E-state index contributed by atoms with van der Waals surface area (Å²) in [5.41, 5.74) is 0.696. The van der Waals surface area contributed by atoms with Crippen LogP contribution in [0.25, 0.3) is 0 Å². The van der Waals surface area contributed by atoms with Crippen LogP contribution in [-0.2, 0) is 10.0 Å². The molecule has 15 heavy (non-hydrogen) atoms. The molecule has 1 rings (SSSR count). The molecular weight excluding hydrogens is 234 g/mol. The van der Waals surface area contributed by atoms with Gasteiger partial charge in [-0.05, 0) is 36.5 Å². The maximum atomic E-state index is 10.9. The van der Waals surface area contributed by atoms with Crippen molar-refractivity contribution in [1.29, 1.82) is 0 Å². The smallest absolute Gasteiger partial charge is 0.238 e. The lowest BCUT2D eigenvalue weighted by Crippen LogP contribution is -2.24. The fourth-order valence-corrected chi connectivity index (χ4v) is 1.55. The second kappa shape index (κ2) is 4.56. The molecule has 0 saturated heterocycles. The highest BCUT2D eigenvalue weighted by molar-refractivity contribution is 7.89. The summed E-state index contributed by atoms with van der Waals surface area (Å²) in [7, 11) is -1.94. The van der Waals surface area contributed by atoms with Crippen LogP contribution in [0.5, 0.6) is 0 Å². The SMILES string of the molecule is CNC(=S)Nc1ccc(S(N)(=O)=O)cc1. The van der Waals surface area contributed by atoms with Gasteiger partial charge in [0, 0.05) is 12.7 Å². The van der Waals surface area contributed by atoms with Gasteiger partial charge in [0.15, 0.2) is 5.11 Å². The summed E-state index contributed by atoms with van der Waals surface area (Å²) >= 11 is 4.88. The Morgan fingerprint density at radius 1 is 1.33 bits per heavy atom. The van der Waals surface area contributed by atoms with Crippen LogP contribution in [0.3, 0.4) is 0 Å². The van der Waals surface area contributed by atoms with Crippen molar-refractivity contribution in [2.75, 3.05) is 12.4 Å². The number of thiocarbonyl (C=S) groups is 1. The van der Waals surface area contributed by atoms with Gasteiger partial charge in [-0.1, -0.05) is 0 Å². The fraction of sp³-hybridized carbons (Fsp3) is 0.125. The van der Waals surface area contributed by atoms with Gasteiger partial charge in [0.25, 0.3) is 0 Å². The maximum absolute atomic E-state index is 10.9. The number of hydrogen-bond acceptors (Lipinski definition) is 3. The van der Waals surface area contributed by atoms with Crippen LogP contribution in [0.15, 0.2) is 29.2 Å². The van der Waals surface area contributed by atoms with Crippen LogP contribution in [0, 0.1) is 0 Å². The van der Waals surface area contributed by atoms with Crippen molar-refractivity contribution in [1.82, 2.24) is 5.32 Å². The predicted octanol–water partition coefficient (Wildman–Crippen LogP) is 0.250. The number of rotatable bonds is 2. The lowest BCUT2D eigenvalue weighted by molar-refractivity contribution is 0.598. The molecule has 0 amide bonds. The Morgan fingerprint density at radius 2 is 1.87 bits per heavy atom. The molecule has 1 aromatic rings. The van der Waals surface area contributed by atoms with Crippen LogP contribution < -0.4 is 15.8 Å².